The Kier molecular flexibility index (Phi) is 5.55. The Morgan fingerprint density at radius 2 is 1.59 bits per heavy atom. The van der Waals surface area contributed by atoms with Crippen LogP contribution in [0.5, 0.6) is 0 Å². The van der Waals surface area contributed by atoms with Crippen LogP contribution >= 0.6 is 0 Å². The minimum absolute atomic E-state index is 0.391. The van der Waals surface area contributed by atoms with E-state index in [9.17, 15) is 0 Å². The first kappa shape index (κ1) is 22.3. The average Bonchev–Trinajstić information content (AvgIpc) is 2.96. The number of rotatable bonds is 3. The van der Waals surface area contributed by atoms with Crippen LogP contribution in [-0.4, -0.2) is 0 Å². The minimum atomic E-state index is 0.391. The fourth-order valence-corrected chi connectivity index (χ4v) is 6.68. The summed E-state index contributed by atoms with van der Waals surface area (Å²) in [4.78, 5) is 0. The molecule has 37 heavy (non-hydrogen) atoms. The average molecular weight is 477 g/mol. The van der Waals surface area contributed by atoms with Gasteiger partial charge in [-0.2, -0.15) is 0 Å². The van der Waals surface area contributed by atoms with Crippen LogP contribution in [0.4, 0.5) is 0 Å². The number of hydrogen-bond acceptors (Lipinski definition) is 0. The molecule has 0 spiro atoms. The van der Waals surface area contributed by atoms with E-state index in [1.165, 1.54) is 61.4 Å². The molecule has 3 aromatic carbocycles. The maximum Gasteiger partial charge on any atom is 0.0142 e. The predicted molar refractivity (Wildman–Crippen MR) is 156 cm³/mol. The van der Waals surface area contributed by atoms with E-state index in [2.05, 4.69) is 122 Å². The van der Waals surface area contributed by atoms with Crippen LogP contribution in [-0.2, 0) is 6.42 Å². The van der Waals surface area contributed by atoms with E-state index in [1.807, 2.05) is 0 Å². The minimum Gasteiger partial charge on any atom is -0.0836 e. The molecule has 0 saturated heterocycles. The van der Waals surface area contributed by atoms with Crippen molar-refractivity contribution >= 4 is 17.2 Å². The van der Waals surface area contributed by atoms with E-state index < -0.39 is 0 Å². The second kappa shape index (κ2) is 9.20. The van der Waals surface area contributed by atoms with Crippen LogP contribution in [0.25, 0.3) is 17.2 Å². The zero-order valence-electron chi connectivity index (χ0n) is 21.5. The van der Waals surface area contributed by atoms with E-state index in [1.54, 1.807) is 5.57 Å². The van der Waals surface area contributed by atoms with Crippen molar-refractivity contribution in [3.05, 3.63) is 159 Å². The van der Waals surface area contributed by atoms with Crippen LogP contribution in [0.3, 0.4) is 0 Å². The lowest BCUT2D eigenvalue weighted by Crippen LogP contribution is -2.38. The summed E-state index contributed by atoms with van der Waals surface area (Å²) in [6.07, 6.45) is 21.3. The van der Waals surface area contributed by atoms with Gasteiger partial charge in [-0.25, -0.2) is 0 Å². The summed E-state index contributed by atoms with van der Waals surface area (Å²) in [6, 6.07) is 27.0. The second-order valence-electron chi connectivity index (χ2n) is 10.8. The van der Waals surface area contributed by atoms with Crippen LogP contribution in [0.1, 0.15) is 41.5 Å². The lowest BCUT2D eigenvalue weighted by atomic mass is 9.71. The van der Waals surface area contributed by atoms with E-state index in [4.69, 9.17) is 0 Å². The summed E-state index contributed by atoms with van der Waals surface area (Å²) in [5.41, 5.74) is 12.9. The van der Waals surface area contributed by atoms with Gasteiger partial charge in [0.25, 0.3) is 0 Å². The number of aryl methyl sites for hydroxylation is 2. The molecule has 0 bridgehead atoms. The Morgan fingerprint density at radius 1 is 0.784 bits per heavy atom. The van der Waals surface area contributed by atoms with Gasteiger partial charge in [-0.05, 0) is 82.0 Å². The molecule has 180 valence electrons. The van der Waals surface area contributed by atoms with Gasteiger partial charge in [0.2, 0.25) is 0 Å². The Balaban J connectivity index is 1.33. The summed E-state index contributed by atoms with van der Waals surface area (Å²) in [5, 5.41) is 2.76. The molecule has 0 nitrogen and oxygen atoms in total. The molecule has 0 heterocycles. The van der Waals surface area contributed by atoms with Gasteiger partial charge in [0.15, 0.2) is 0 Å². The van der Waals surface area contributed by atoms with Gasteiger partial charge < -0.3 is 0 Å². The highest BCUT2D eigenvalue weighted by atomic mass is 14.3. The smallest absolute Gasteiger partial charge is 0.0142 e. The maximum atomic E-state index is 2.51. The Hall–Kier alpha value is -3.90. The summed E-state index contributed by atoms with van der Waals surface area (Å²) < 4.78 is 0. The third kappa shape index (κ3) is 3.92. The molecule has 0 fully saturated rings. The van der Waals surface area contributed by atoms with E-state index in [0.29, 0.717) is 11.8 Å². The van der Waals surface area contributed by atoms with Crippen molar-refractivity contribution in [2.75, 3.05) is 0 Å². The molecule has 2 unspecified atom stereocenters. The van der Waals surface area contributed by atoms with Gasteiger partial charge in [-0.1, -0.05) is 126 Å². The molecule has 4 aliphatic carbocycles. The third-order valence-corrected chi connectivity index (χ3v) is 8.59. The first-order valence-electron chi connectivity index (χ1n) is 13.7. The van der Waals surface area contributed by atoms with Crippen LogP contribution < -0.4 is 10.4 Å². The normalized spacial score (nSPS) is 21.9. The molecule has 0 aromatic heterocycles. The second-order valence-corrected chi connectivity index (χ2v) is 10.8. The van der Waals surface area contributed by atoms with Crippen LogP contribution in [0.15, 0.2) is 126 Å². The van der Waals surface area contributed by atoms with Crippen molar-refractivity contribution in [2.45, 2.75) is 32.6 Å². The molecule has 2 atom stereocenters. The highest BCUT2D eigenvalue weighted by molar-refractivity contribution is 5.90. The highest BCUT2D eigenvalue weighted by Gasteiger charge is 2.30. The molecular weight excluding hydrogens is 444 g/mol. The fraction of sp³-hybridized carbons (Fsp3) is 0.189. The molecule has 0 heteroatoms. The number of hydrogen-bond donors (Lipinski definition) is 0. The molecular formula is C37H32. The van der Waals surface area contributed by atoms with Crippen molar-refractivity contribution in [1.82, 2.24) is 0 Å². The van der Waals surface area contributed by atoms with Crippen molar-refractivity contribution < 1.29 is 0 Å². The monoisotopic (exact) mass is 476 g/mol. The SMILES string of the molecule is Cc1ccc(C2=c3ccccc3=C(C3=CCC(C4=Cc5ccccc5CC4)C=C3)C3=CC=CCC32)cc1. The zero-order chi connectivity index (χ0) is 24.8. The highest BCUT2D eigenvalue weighted by Crippen LogP contribution is 2.42. The van der Waals surface area contributed by atoms with Gasteiger partial charge in [-0.15, -0.1) is 0 Å². The quantitative estimate of drug-likeness (QED) is 0.370. The molecule has 4 aliphatic rings. The lowest BCUT2D eigenvalue weighted by molar-refractivity contribution is 0.708. The molecule has 0 amide bonds. The van der Waals surface area contributed by atoms with Crippen LogP contribution in [0.2, 0.25) is 0 Å². The van der Waals surface area contributed by atoms with Crippen molar-refractivity contribution in [2.24, 2.45) is 11.8 Å². The number of benzene rings is 3. The molecule has 0 radical (unpaired) electrons. The standard InChI is InChI=1S/C37H32/c1-25-14-16-28(17-15-25)36-32-10-4-6-12-34(32)37(35-13-7-5-11-33(35)36)29-21-18-27(19-22-29)31-23-20-26-8-2-3-9-30(26)24-31/h2-10,12-18,21-22,24,27,33H,11,19-20,23H2,1H3. The van der Waals surface area contributed by atoms with Gasteiger partial charge in [-0.3, -0.25) is 0 Å². The molecule has 7 rings (SSSR count). The van der Waals surface area contributed by atoms with Gasteiger partial charge in [0.1, 0.15) is 0 Å². The maximum absolute atomic E-state index is 2.51. The zero-order valence-corrected chi connectivity index (χ0v) is 21.5. The summed E-state index contributed by atoms with van der Waals surface area (Å²) in [7, 11) is 0. The largest absolute Gasteiger partial charge is 0.0836 e. The van der Waals surface area contributed by atoms with E-state index in [-0.39, 0.29) is 0 Å². The fourth-order valence-electron chi connectivity index (χ4n) is 6.68. The first-order chi connectivity index (χ1) is 18.3. The Bertz CT molecular complexity index is 1660. The number of allylic oxidation sites excluding steroid dienone is 9. The van der Waals surface area contributed by atoms with E-state index in [0.717, 1.165) is 19.3 Å². The van der Waals surface area contributed by atoms with Crippen LogP contribution in [0, 0.1) is 18.8 Å². The summed E-state index contributed by atoms with van der Waals surface area (Å²) >= 11 is 0. The van der Waals surface area contributed by atoms with Gasteiger partial charge in [0, 0.05) is 11.8 Å². The molecule has 0 aliphatic heterocycles. The number of fused-ring (bicyclic) bond motifs is 3. The van der Waals surface area contributed by atoms with Crippen molar-refractivity contribution in [3.63, 3.8) is 0 Å². The van der Waals surface area contributed by atoms with Gasteiger partial charge in [0.05, 0.1) is 0 Å². The lowest BCUT2D eigenvalue weighted by Gasteiger charge is -2.32. The van der Waals surface area contributed by atoms with Gasteiger partial charge >= 0.3 is 0 Å². The summed E-state index contributed by atoms with van der Waals surface area (Å²) in [5.74, 6) is 0.893. The Morgan fingerprint density at radius 3 is 2.43 bits per heavy atom. The molecule has 0 saturated carbocycles. The third-order valence-electron chi connectivity index (χ3n) is 8.59. The molecule has 3 aromatic rings. The first-order valence-corrected chi connectivity index (χ1v) is 13.7. The van der Waals surface area contributed by atoms with Crippen molar-refractivity contribution in [1.29, 1.82) is 0 Å². The predicted octanol–water partition coefficient (Wildman–Crippen LogP) is 7.39. The van der Waals surface area contributed by atoms with E-state index >= 15 is 0 Å². The molecule has 0 N–H and O–H groups in total. The summed E-state index contributed by atoms with van der Waals surface area (Å²) in [6.45, 7) is 2.17. The van der Waals surface area contributed by atoms with Crippen molar-refractivity contribution in [3.8, 4) is 0 Å². The Labute approximate surface area is 220 Å². The topological polar surface area (TPSA) is 0 Å².